The average molecular weight is 355 g/mol. The van der Waals surface area contributed by atoms with Gasteiger partial charge in [0.2, 0.25) is 5.88 Å². The molecule has 1 aliphatic rings. The van der Waals surface area contributed by atoms with Gasteiger partial charge in [-0.1, -0.05) is 42.5 Å². The highest BCUT2D eigenvalue weighted by atomic mass is 16.5. The molecule has 1 aromatic heterocycles. The second-order valence-corrected chi connectivity index (χ2v) is 6.36. The summed E-state index contributed by atoms with van der Waals surface area (Å²) in [5, 5.41) is 9.08. The summed E-state index contributed by atoms with van der Waals surface area (Å²) in [7, 11) is 0. The fourth-order valence-electron chi connectivity index (χ4n) is 3.02. The maximum atomic E-state index is 12.6. The first kappa shape index (κ1) is 16.8. The first-order chi connectivity index (χ1) is 13.2. The molecule has 2 heterocycles. The zero-order valence-electron chi connectivity index (χ0n) is 14.6. The van der Waals surface area contributed by atoms with Crippen LogP contribution < -0.4 is 4.74 Å². The number of rotatable bonds is 4. The lowest BCUT2D eigenvalue weighted by Gasteiger charge is -2.38. The van der Waals surface area contributed by atoms with Gasteiger partial charge in [-0.25, -0.2) is 4.98 Å². The van der Waals surface area contributed by atoms with Crippen LogP contribution in [0.25, 0.3) is 11.1 Å². The molecule has 3 aromatic rings. The number of carbonyl (C=O) groups excluding carboxylic acids is 1. The molecular weight excluding hydrogens is 338 g/mol. The Balaban J connectivity index is 1.37. The number of aromatic nitrogens is 1. The number of ether oxygens (including phenoxy) is 1. The predicted octanol–water partition coefficient (Wildman–Crippen LogP) is 3.52. The first-order valence-corrected chi connectivity index (χ1v) is 8.71. The van der Waals surface area contributed by atoms with Crippen molar-refractivity contribution in [2.75, 3.05) is 13.1 Å². The number of nitrogens with zero attached hydrogens (tertiary/aromatic N) is 3. The van der Waals surface area contributed by atoms with Gasteiger partial charge >= 0.3 is 0 Å². The summed E-state index contributed by atoms with van der Waals surface area (Å²) in [5.41, 5.74) is 3.26. The third-order valence-corrected chi connectivity index (χ3v) is 4.54. The molecule has 1 fully saturated rings. The standard InChI is InChI=1S/C22H17N3O2/c23-13-19-7-4-12-24-21(19)27-20-14-25(15-20)22(26)18-10-8-17(9-11-18)16-5-2-1-3-6-16/h1-12,20H,14-15H2. The third-order valence-electron chi connectivity index (χ3n) is 4.54. The molecule has 2 aromatic carbocycles. The molecule has 1 saturated heterocycles. The maximum absolute atomic E-state index is 12.6. The van der Waals surface area contributed by atoms with Crippen LogP contribution in [0.15, 0.2) is 72.9 Å². The number of amides is 1. The maximum Gasteiger partial charge on any atom is 0.254 e. The molecule has 5 nitrogen and oxygen atoms in total. The quantitative estimate of drug-likeness (QED) is 0.718. The van der Waals surface area contributed by atoms with E-state index < -0.39 is 0 Å². The molecule has 0 spiro atoms. The lowest BCUT2D eigenvalue weighted by atomic mass is 10.0. The Bertz CT molecular complexity index is 988. The molecule has 0 atom stereocenters. The van der Waals surface area contributed by atoms with Crippen LogP contribution in [0.5, 0.6) is 5.88 Å². The Hall–Kier alpha value is -3.65. The van der Waals surface area contributed by atoms with Gasteiger partial charge in [-0.3, -0.25) is 4.79 Å². The average Bonchev–Trinajstić information content (AvgIpc) is 2.71. The number of pyridine rings is 1. The van der Waals surface area contributed by atoms with Crippen LogP contribution in [0.2, 0.25) is 0 Å². The highest BCUT2D eigenvalue weighted by Gasteiger charge is 2.33. The van der Waals surface area contributed by atoms with E-state index in [0.717, 1.165) is 11.1 Å². The van der Waals surface area contributed by atoms with E-state index in [2.05, 4.69) is 11.1 Å². The number of hydrogen-bond acceptors (Lipinski definition) is 4. The summed E-state index contributed by atoms with van der Waals surface area (Å²) in [6.45, 7) is 0.974. The molecule has 0 unspecified atom stereocenters. The van der Waals surface area contributed by atoms with E-state index in [9.17, 15) is 4.79 Å². The van der Waals surface area contributed by atoms with Crippen LogP contribution in [0.1, 0.15) is 15.9 Å². The minimum atomic E-state index is -0.139. The van der Waals surface area contributed by atoms with Crippen molar-refractivity contribution in [2.45, 2.75) is 6.10 Å². The Morgan fingerprint density at radius 1 is 1.00 bits per heavy atom. The van der Waals surface area contributed by atoms with Crippen LogP contribution in [-0.4, -0.2) is 35.0 Å². The van der Waals surface area contributed by atoms with E-state index in [1.807, 2.05) is 54.6 Å². The summed E-state index contributed by atoms with van der Waals surface area (Å²) in [6.07, 6.45) is 1.45. The van der Waals surface area contributed by atoms with Gasteiger partial charge < -0.3 is 9.64 Å². The number of carbonyl (C=O) groups is 1. The second kappa shape index (κ2) is 7.30. The molecule has 0 bridgehead atoms. The van der Waals surface area contributed by atoms with E-state index in [1.54, 1.807) is 23.2 Å². The third kappa shape index (κ3) is 3.51. The van der Waals surface area contributed by atoms with Gasteiger partial charge in [0.1, 0.15) is 17.7 Å². The Kier molecular flexibility index (Phi) is 4.54. The van der Waals surface area contributed by atoms with Gasteiger partial charge in [-0.2, -0.15) is 5.26 Å². The minimum absolute atomic E-state index is 0.0176. The lowest BCUT2D eigenvalue weighted by Crippen LogP contribution is -2.56. The van der Waals surface area contributed by atoms with Crippen molar-refractivity contribution in [3.8, 4) is 23.1 Å². The molecule has 1 amide bonds. The lowest BCUT2D eigenvalue weighted by molar-refractivity contribution is 0.0159. The van der Waals surface area contributed by atoms with Crippen molar-refractivity contribution in [3.63, 3.8) is 0 Å². The molecule has 27 heavy (non-hydrogen) atoms. The molecule has 0 saturated carbocycles. The fourth-order valence-corrected chi connectivity index (χ4v) is 3.02. The normalized spacial score (nSPS) is 13.5. The van der Waals surface area contributed by atoms with Gasteiger partial charge in [0.15, 0.2) is 0 Å². The van der Waals surface area contributed by atoms with Gasteiger partial charge in [0.25, 0.3) is 5.91 Å². The Labute approximate surface area is 157 Å². The van der Waals surface area contributed by atoms with Gasteiger partial charge in [-0.05, 0) is 35.4 Å². The number of likely N-dealkylation sites (tertiary alicyclic amines) is 1. The minimum Gasteiger partial charge on any atom is -0.470 e. The van der Waals surface area contributed by atoms with Gasteiger partial charge in [-0.15, -0.1) is 0 Å². The summed E-state index contributed by atoms with van der Waals surface area (Å²) in [6, 6.07) is 23.1. The molecule has 5 heteroatoms. The van der Waals surface area contributed by atoms with Crippen LogP contribution >= 0.6 is 0 Å². The predicted molar refractivity (Wildman–Crippen MR) is 101 cm³/mol. The number of hydrogen-bond donors (Lipinski definition) is 0. The Morgan fingerprint density at radius 3 is 2.41 bits per heavy atom. The summed E-state index contributed by atoms with van der Waals surface area (Å²) < 4.78 is 5.74. The molecule has 0 aliphatic carbocycles. The van der Waals surface area contributed by atoms with E-state index in [1.165, 1.54) is 0 Å². The van der Waals surface area contributed by atoms with Crippen molar-refractivity contribution in [2.24, 2.45) is 0 Å². The second-order valence-electron chi connectivity index (χ2n) is 6.36. The summed E-state index contributed by atoms with van der Waals surface area (Å²) in [4.78, 5) is 18.4. The van der Waals surface area contributed by atoms with Crippen LogP contribution in [-0.2, 0) is 0 Å². The zero-order valence-corrected chi connectivity index (χ0v) is 14.6. The van der Waals surface area contributed by atoms with E-state index in [-0.39, 0.29) is 12.0 Å². The smallest absolute Gasteiger partial charge is 0.254 e. The van der Waals surface area contributed by atoms with E-state index in [0.29, 0.717) is 30.1 Å². The molecule has 0 radical (unpaired) electrons. The van der Waals surface area contributed by atoms with Crippen molar-refractivity contribution < 1.29 is 9.53 Å². The molecule has 132 valence electrons. The van der Waals surface area contributed by atoms with Crippen molar-refractivity contribution in [1.82, 2.24) is 9.88 Å². The monoisotopic (exact) mass is 355 g/mol. The topological polar surface area (TPSA) is 66.2 Å². The molecule has 0 N–H and O–H groups in total. The van der Waals surface area contributed by atoms with Crippen LogP contribution in [0.3, 0.4) is 0 Å². The van der Waals surface area contributed by atoms with Crippen molar-refractivity contribution >= 4 is 5.91 Å². The number of benzene rings is 2. The summed E-state index contributed by atoms with van der Waals surface area (Å²) in [5.74, 6) is 0.306. The SMILES string of the molecule is N#Cc1cccnc1OC1CN(C(=O)c2ccc(-c3ccccc3)cc2)C1. The number of nitriles is 1. The van der Waals surface area contributed by atoms with Crippen molar-refractivity contribution in [3.05, 3.63) is 84.1 Å². The van der Waals surface area contributed by atoms with Gasteiger partial charge in [0, 0.05) is 11.8 Å². The zero-order chi connectivity index (χ0) is 18.6. The Morgan fingerprint density at radius 2 is 1.70 bits per heavy atom. The van der Waals surface area contributed by atoms with E-state index in [4.69, 9.17) is 10.00 Å². The largest absolute Gasteiger partial charge is 0.470 e. The van der Waals surface area contributed by atoms with Crippen LogP contribution in [0.4, 0.5) is 0 Å². The highest BCUT2D eigenvalue weighted by Crippen LogP contribution is 2.23. The van der Waals surface area contributed by atoms with Crippen LogP contribution in [0, 0.1) is 11.3 Å². The van der Waals surface area contributed by atoms with Crippen molar-refractivity contribution in [1.29, 1.82) is 5.26 Å². The molecular formula is C22H17N3O2. The molecule has 1 aliphatic heterocycles. The van der Waals surface area contributed by atoms with Gasteiger partial charge in [0.05, 0.1) is 13.1 Å². The molecule has 4 rings (SSSR count). The first-order valence-electron chi connectivity index (χ1n) is 8.71. The highest BCUT2D eigenvalue weighted by molar-refractivity contribution is 5.95. The fraction of sp³-hybridized carbons (Fsp3) is 0.136. The van der Waals surface area contributed by atoms with E-state index >= 15 is 0 Å². The summed E-state index contributed by atoms with van der Waals surface area (Å²) >= 11 is 0.